The number of aromatic amines is 1. The molecule has 0 amide bonds. The van der Waals surface area contributed by atoms with Crippen LogP contribution in [-0.4, -0.2) is 31.5 Å². The Bertz CT molecular complexity index is 946. The highest BCUT2D eigenvalue weighted by atomic mass is 16.4. The molecule has 3 rings (SSSR count). The van der Waals surface area contributed by atoms with E-state index < -0.39 is 12.0 Å². The molecule has 25 heavy (non-hydrogen) atoms. The quantitative estimate of drug-likeness (QED) is 0.669. The summed E-state index contributed by atoms with van der Waals surface area (Å²) in [7, 11) is 0. The smallest absolute Gasteiger partial charge is 0.278 e. The van der Waals surface area contributed by atoms with Crippen molar-refractivity contribution < 1.29 is 9.90 Å². The third kappa shape index (κ3) is 3.52. The van der Waals surface area contributed by atoms with Crippen LogP contribution in [0.15, 0.2) is 41.5 Å². The maximum atomic E-state index is 12.4. The lowest BCUT2D eigenvalue weighted by atomic mass is 10.1. The highest BCUT2D eigenvalue weighted by molar-refractivity contribution is 5.76. The van der Waals surface area contributed by atoms with Crippen LogP contribution in [0.25, 0.3) is 11.2 Å². The summed E-state index contributed by atoms with van der Waals surface area (Å²) >= 11 is 0. The van der Waals surface area contributed by atoms with E-state index >= 15 is 0 Å². The molecular weight excluding hydrogens is 322 g/mol. The third-order valence-electron chi connectivity index (χ3n) is 3.89. The number of imidazole rings is 1. The van der Waals surface area contributed by atoms with Crippen molar-refractivity contribution >= 4 is 23.1 Å². The highest BCUT2D eigenvalue weighted by Gasteiger charge is 2.17. The number of rotatable bonds is 6. The number of nitrogens with zero attached hydrogens (tertiary/aromatic N) is 3. The van der Waals surface area contributed by atoms with E-state index in [0.29, 0.717) is 12.1 Å². The largest absolute Gasteiger partial charge is 0.548 e. The molecule has 2 N–H and O–H groups in total. The highest BCUT2D eigenvalue weighted by Crippen LogP contribution is 2.12. The van der Waals surface area contributed by atoms with Gasteiger partial charge in [-0.25, -0.2) is 4.98 Å². The number of benzene rings is 1. The van der Waals surface area contributed by atoms with E-state index in [1.807, 2.05) is 30.3 Å². The fourth-order valence-electron chi connectivity index (χ4n) is 2.60. The van der Waals surface area contributed by atoms with E-state index in [1.165, 1.54) is 0 Å². The van der Waals surface area contributed by atoms with E-state index in [4.69, 9.17) is 0 Å². The number of nitrogens with one attached hydrogen (secondary N) is 2. The number of fused-ring (bicyclic) bond motifs is 1. The average molecular weight is 340 g/mol. The van der Waals surface area contributed by atoms with Gasteiger partial charge in [0.1, 0.15) is 0 Å². The Morgan fingerprint density at radius 3 is 2.68 bits per heavy atom. The molecule has 0 aliphatic heterocycles. The summed E-state index contributed by atoms with van der Waals surface area (Å²) in [6, 6.07) is 8.71. The van der Waals surface area contributed by atoms with Crippen molar-refractivity contribution in [3.05, 3.63) is 52.6 Å². The molecule has 2 heterocycles. The molecule has 0 unspecified atom stereocenters. The van der Waals surface area contributed by atoms with Crippen LogP contribution >= 0.6 is 0 Å². The Morgan fingerprint density at radius 2 is 2.04 bits per heavy atom. The first kappa shape index (κ1) is 16.7. The molecule has 130 valence electrons. The number of carboxylic acid groups (broad SMARTS) is 1. The van der Waals surface area contributed by atoms with Gasteiger partial charge < -0.3 is 19.8 Å². The zero-order valence-electron chi connectivity index (χ0n) is 13.9. The predicted molar refractivity (Wildman–Crippen MR) is 90.9 cm³/mol. The van der Waals surface area contributed by atoms with Crippen molar-refractivity contribution in [1.29, 1.82) is 0 Å². The van der Waals surface area contributed by atoms with E-state index in [1.54, 1.807) is 24.7 Å². The number of carboxylic acids is 1. The van der Waals surface area contributed by atoms with Crippen LogP contribution in [0.3, 0.4) is 0 Å². The number of anilines is 1. The molecule has 0 aliphatic rings. The van der Waals surface area contributed by atoms with Crippen LogP contribution in [0.5, 0.6) is 0 Å². The van der Waals surface area contributed by atoms with Gasteiger partial charge in [-0.15, -0.1) is 0 Å². The Balaban J connectivity index is 1.94. The second-order valence-corrected chi connectivity index (χ2v) is 6.13. The molecule has 1 aromatic carbocycles. The summed E-state index contributed by atoms with van der Waals surface area (Å²) in [5.41, 5.74) is 1.23. The molecule has 8 heteroatoms. The molecule has 0 saturated heterocycles. The van der Waals surface area contributed by atoms with Gasteiger partial charge in [0, 0.05) is 6.54 Å². The van der Waals surface area contributed by atoms with Crippen LogP contribution in [0.4, 0.5) is 5.95 Å². The first-order valence-corrected chi connectivity index (χ1v) is 7.92. The number of aromatic nitrogens is 4. The molecule has 0 radical (unpaired) electrons. The van der Waals surface area contributed by atoms with Gasteiger partial charge in [0.15, 0.2) is 11.2 Å². The summed E-state index contributed by atoms with van der Waals surface area (Å²) in [6.45, 7) is 3.96. The summed E-state index contributed by atoms with van der Waals surface area (Å²) in [4.78, 5) is 34.6. The summed E-state index contributed by atoms with van der Waals surface area (Å²) < 4.78 is 1.71. The number of hydrogen-bond acceptors (Lipinski definition) is 6. The zero-order chi connectivity index (χ0) is 18.0. The van der Waals surface area contributed by atoms with E-state index in [2.05, 4.69) is 20.3 Å². The lowest BCUT2D eigenvalue weighted by molar-refractivity contribution is -0.307. The van der Waals surface area contributed by atoms with E-state index in [-0.39, 0.29) is 23.1 Å². The van der Waals surface area contributed by atoms with Crippen molar-refractivity contribution in [3.63, 3.8) is 0 Å². The maximum Gasteiger partial charge on any atom is 0.278 e. The minimum Gasteiger partial charge on any atom is -0.548 e. The Kier molecular flexibility index (Phi) is 4.51. The van der Waals surface area contributed by atoms with E-state index in [0.717, 1.165) is 5.56 Å². The SMILES string of the molecule is CC(C)[C@H](Nc1nc2ncn(Cc3ccccc3)c2c(=O)[nH]1)C(=O)[O-]. The number of carbonyl (C=O) groups is 1. The molecule has 3 aromatic rings. The van der Waals surface area contributed by atoms with Crippen molar-refractivity contribution in [2.24, 2.45) is 5.92 Å². The fraction of sp³-hybridized carbons (Fsp3) is 0.294. The van der Waals surface area contributed by atoms with Gasteiger partial charge in [0.25, 0.3) is 5.56 Å². The van der Waals surface area contributed by atoms with Crippen LogP contribution in [-0.2, 0) is 11.3 Å². The van der Waals surface area contributed by atoms with Crippen LogP contribution in [0.1, 0.15) is 19.4 Å². The standard InChI is InChI=1S/C17H19N5O3/c1-10(2)12(16(24)25)19-17-20-14-13(15(23)21-17)22(9-18-14)8-11-6-4-3-5-7-11/h3-7,9-10,12H,8H2,1-2H3,(H,24,25)(H2,19,20,21,23)/p-1/t12-/m0/s1. The topological polar surface area (TPSA) is 116 Å². The minimum absolute atomic E-state index is 0.0605. The van der Waals surface area contributed by atoms with Crippen LogP contribution < -0.4 is 16.0 Å². The molecule has 0 spiro atoms. The maximum absolute atomic E-state index is 12.4. The fourth-order valence-corrected chi connectivity index (χ4v) is 2.60. The summed E-state index contributed by atoms with van der Waals surface area (Å²) in [5.74, 6) is -1.43. The number of hydrogen-bond donors (Lipinski definition) is 2. The number of carbonyl (C=O) groups excluding carboxylic acids is 1. The van der Waals surface area contributed by atoms with Crippen molar-refractivity contribution in [3.8, 4) is 0 Å². The zero-order valence-corrected chi connectivity index (χ0v) is 13.9. The van der Waals surface area contributed by atoms with Gasteiger partial charge in [-0.1, -0.05) is 44.2 Å². The van der Waals surface area contributed by atoms with Gasteiger partial charge in [0.05, 0.1) is 18.3 Å². The van der Waals surface area contributed by atoms with Gasteiger partial charge in [-0.05, 0) is 11.5 Å². The third-order valence-corrected chi connectivity index (χ3v) is 3.89. The summed E-state index contributed by atoms with van der Waals surface area (Å²) in [5, 5.41) is 13.9. The Morgan fingerprint density at radius 1 is 1.32 bits per heavy atom. The second kappa shape index (κ2) is 6.76. The van der Waals surface area contributed by atoms with Crippen LogP contribution in [0, 0.1) is 5.92 Å². The van der Waals surface area contributed by atoms with Gasteiger partial charge in [0.2, 0.25) is 5.95 Å². The molecule has 0 bridgehead atoms. The molecule has 1 atom stereocenters. The molecule has 0 aliphatic carbocycles. The van der Waals surface area contributed by atoms with Crippen molar-refractivity contribution in [2.75, 3.05) is 5.32 Å². The van der Waals surface area contributed by atoms with Crippen LogP contribution in [0.2, 0.25) is 0 Å². The lowest BCUT2D eigenvalue weighted by Gasteiger charge is -2.23. The molecule has 0 fully saturated rings. The Labute approximate surface area is 143 Å². The Hall–Kier alpha value is -3.16. The summed E-state index contributed by atoms with van der Waals surface area (Å²) in [6.07, 6.45) is 1.54. The van der Waals surface area contributed by atoms with Crippen molar-refractivity contribution in [1.82, 2.24) is 19.5 Å². The molecule has 8 nitrogen and oxygen atoms in total. The predicted octanol–water partition coefficient (Wildman–Crippen LogP) is 0.354. The molecule has 0 saturated carbocycles. The minimum atomic E-state index is -1.26. The number of H-pyrrole nitrogens is 1. The van der Waals surface area contributed by atoms with Crippen molar-refractivity contribution in [2.45, 2.75) is 26.4 Å². The average Bonchev–Trinajstić information content (AvgIpc) is 2.96. The first-order chi connectivity index (χ1) is 12.0. The molecular formula is C17H18N5O3-. The molecule has 2 aromatic heterocycles. The number of aliphatic carboxylic acids is 1. The normalized spacial score (nSPS) is 12.4. The van der Waals surface area contributed by atoms with Gasteiger partial charge >= 0.3 is 0 Å². The monoisotopic (exact) mass is 340 g/mol. The van der Waals surface area contributed by atoms with Gasteiger partial charge in [-0.3, -0.25) is 9.78 Å². The van der Waals surface area contributed by atoms with Gasteiger partial charge in [-0.2, -0.15) is 4.98 Å². The van der Waals surface area contributed by atoms with E-state index in [9.17, 15) is 14.7 Å². The second-order valence-electron chi connectivity index (χ2n) is 6.13. The lowest BCUT2D eigenvalue weighted by Crippen LogP contribution is -2.44. The first-order valence-electron chi connectivity index (χ1n) is 7.92.